The van der Waals surface area contributed by atoms with Crippen LogP contribution in [0.25, 0.3) is 0 Å². The molecule has 0 aromatic carbocycles. The molecule has 234 valence electrons. The van der Waals surface area contributed by atoms with Crippen molar-refractivity contribution in [3.8, 4) is 0 Å². The maximum Gasteiger partial charge on any atom is 0.337 e. The maximum atomic E-state index is 13.9. The van der Waals surface area contributed by atoms with E-state index < -0.39 is 47.7 Å². The minimum Gasteiger partial charge on any atom is -0.459 e. The van der Waals surface area contributed by atoms with E-state index in [0.717, 1.165) is 18.4 Å². The van der Waals surface area contributed by atoms with Crippen molar-refractivity contribution in [2.45, 2.75) is 128 Å². The quantitative estimate of drug-likeness (QED) is 0.320. The van der Waals surface area contributed by atoms with Gasteiger partial charge in [0.15, 0.2) is 5.79 Å². The van der Waals surface area contributed by atoms with Gasteiger partial charge in [-0.25, -0.2) is 4.79 Å². The number of rotatable bonds is 2. The highest BCUT2D eigenvalue weighted by Crippen LogP contribution is 2.47. The number of carbonyl (C=O) groups excluding carboxylic acids is 1. The lowest BCUT2D eigenvalue weighted by Crippen LogP contribution is -2.56. The molecule has 1 aliphatic carbocycles. The lowest BCUT2D eigenvalue weighted by molar-refractivity contribution is -0.340. The van der Waals surface area contributed by atoms with Crippen LogP contribution in [-0.4, -0.2) is 75.9 Å². The minimum absolute atomic E-state index is 0.0386. The Bertz CT molecular complexity index is 1140. The summed E-state index contributed by atoms with van der Waals surface area (Å²) in [6.07, 6.45) is 9.73. The van der Waals surface area contributed by atoms with Gasteiger partial charge in [0.1, 0.15) is 17.8 Å². The van der Waals surface area contributed by atoms with Crippen LogP contribution >= 0.6 is 0 Å². The third-order valence-electron chi connectivity index (χ3n) is 10.4. The summed E-state index contributed by atoms with van der Waals surface area (Å²) in [6.45, 7) is 12.3. The fraction of sp³-hybridized carbons (Fsp3) is 0.735. The highest BCUT2D eigenvalue weighted by molar-refractivity contribution is 5.93. The van der Waals surface area contributed by atoms with Crippen molar-refractivity contribution < 1.29 is 39.1 Å². The van der Waals surface area contributed by atoms with Gasteiger partial charge < -0.3 is 34.3 Å². The van der Waals surface area contributed by atoms with Crippen LogP contribution in [0.2, 0.25) is 0 Å². The molecule has 0 amide bonds. The summed E-state index contributed by atoms with van der Waals surface area (Å²) in [7, 11) is 0. The molecule has 0 saturated carbocycles. The Labute approximate surface area is 250 Å². The Kier molecular flexibility index (Phi) is 9.25. The molecule has 8 nitrogen and oxygen atoms in total. The van der Waals surface area contributed by atoms with Crippen molar-refractivity contribution in [3.05, 3.63) is 47.1 Å². The first kappa shape index (κ1) is 31.6. The highest BCUT2D eigenvalue weighted by atomic mass is 16.7. The van der Waals surface area contributed by atoms with Crippen LogP contribution in [0, 0.1) is 23.7 Å². The van der Waals surface area contributed by atoms with Gasteiger partial charge in [0.2, 0.25) is 0 Å². The van der Waals surface area contributed by atoms with Crippen molar-refractivity contribution in [2.75, 3.05) is 6.61 Å². The molecule has 1 spiro atoms. The lowest BCUT2D eigenvalue weighted by Gasteiger charge is -2.51. The van der Waals surface area contributed by atoms with Crippen LogP contribution < -0.4 is 0 Å². The molecular weight excluding hydrogens is 536 g/mol. The number of esters is 1. The monoisotopic (exact) mass is 586 g/mol. The first-order chi connectivity index (χ1) is 19.9. The van der Waals surface area contributed by atoms with E-state index in [1.54, 1.807) is 25.2 Å². The van der Waals surface area contributed by atoms with Gasteiger partial charge in [-0.05, 0) is 42.7 Å². The third-order valence-corrected chi connectivity index (χ3v) is 10.4. The second kappa shape index (κ2) is 12.3. The maximum absolute atomic E-state index is 13.9. The van der Waals surface area contributed by atoms with Gasteiger partial charge >= 0.3 is 5.97 Å². The zero-order valence-corrected chi connectivity index (χ0v) is 26.0. The summed E-state index contributed by atoms with van der Waals surface area (Å²) in [5.41, 5.74) is -0.396. The number of carbonyl (C=O) groups is 1. The average Bonchev–Trinajstić information content (AvgIpc) is 3.30. The minimum atomic E-state index is -1.82. The van der Waals surface area contributed by atoms with Gasteiger partial charge in [0.05, 0.1) is 36.6 Å². The SMILES string of the molecule is CC[C@H](C)[C@H]1O[C@]2(CC[C@@H]1C)C[C@@H]1C[C@@H](C/C=C(\C)[C@@H](O)[C@@H](C)/C=C/C=C3\CO[C@@H]4[C@H](O)C(C)C=C(C(=O)O1)[C@]34O)O2. The fourth-order valence-corrected chi connectivity index (χ4v) is 7.49. The van der Waals surface area contributed by atoms with Crippen LogP contribution in [0.15, 0.2) is 47.1 Å². The lowest BCUT2D eigenvalue weighted by atomic mass is 9.72. The predicted molar refractivity (Wildman–Crippen MR) is 158 cm³/mol. The molecule has 3 saturated heterocycles. The molecule has 1 unspecified atom stereocenters. The number of aliphatic hydroxyl groups excluding tert-OH is 2. The topological polar surface area (TPSA) is 115 Å². The van der Waals surface area contributed by atoms with Gasteiger partial charge in [-0.3, -0.25) is 0 Å². The summed E-state index contributed by atoms with van der Waals surface area (Å²) < 4.78 is 25.7. The zero-order valence-electron chi connectivity index (χ0n) is 26.0. The summed E-state index contributed by atoms with van der Waals surface area (Å²) >= 11 is 0. The molecule has 5 rings (SSSR count). The van der Waals surface area contributed by atoms with Crippen molar-refractivity contribution in [1.29, 1.82) is 0 Å². The highest BCUT2D eigenvalue weighted by Gasteiger charge is 2.58. The average molecular weight is 587 g/mol. The molecule has 42 heavy (non-hydrogen) atoms. The van der Waals surface area contributed by atoms with E-state index in [0.29, 0.717) is 43.1 Å². The Morgan fingerprint density at radius 2 is 1.88 bits per heavy atom. The van der Waals surface area contributed by atoms with E-state index in [2.05, 4.69) is 20.8 Å². The molecule has 4 heterocycles. The van der Waals surface area contributed by atoms with Crippen molar-refractivity contribution in [1.82, 2.24) is 0 Å². The second-order valence-corrected chi connectivity index (χ2v) is 13.6. The van der Waals surface area contributed by atoms with Gasteiger partial charge in [-0.1, -0.05) is 71.4 Å². The molecular formula is C34H50O8. The van der Waals surface area contributed by atoms with Crippen LogP contribution in [0.1, 0.15) is 80.1 Å². The molecule has 0 radical (unpaired) electrons. The number of fused-ring (bicyclic) bond motifs is 2. The summed E-state index contributed by atoms with van der Waals surface area (Å²) in [5, 5.41) is 34.0. The largest absolute Gasteiger partial charge is 0.459 e. The molecule has 3 fully saturated rings. The fourth-order valence-electron chi connectivity index (χ4n) is 7.49. The molecule has 0 aromatic rings. The summed E-state index contributed by atoms with van der Waals surface area (Å²) in [6, 6.07) is 0. The van der Waals surface area contributed by atoms with E-state index >= 15 is 0 Å². The van der Waals surface area contributed by atoms with Crippen molar-refractivity contribution in [2.24, 2.45) is 23.7 Å². The zero-order chi connectivity index (χ0) is 30.4. The number of hydrogen-bond acceptors (Lipinski definition) is 8. The standard InChI is InChI=1S/C34H50O8/c1-7-19(2)30-22(5)13-14-33(42-30)17-26-16-25(41-33)12-11-21(4)28(35)20(3)9-8-10-24-18-39-31-29(36)23(6)15-27(32(37)40-26)34(24,31)38/h8-11,15,19-20,22-23,25-26,28-31,35-36,38H,7,12-14,16-18H2,1-6H3/b9-8+,21-11+,24-10+/t19-,20-,22-,23?,25+,26-,28-,29+,30+,31+,33+,34+/m0/s1. The van der Waals surface area contributed by atoms with Gasteiger partial charge in [-0.2, -0.15) is 0 Å². The van der Waals surface area contributed by atoms with E-state index in [4.69, 9.17) is 18.9 Å². The Hall–Kier alpha value is -1.81. The molecule has 2 bridgehead atoms. The number of allylic oxidation sites excluding steroid dienone is 2. The van der Waals surface area contributed by atoms with E-state index in [-0.39, 0.29) is 30.3 Å². The van der Waals surface area contributed by atoms with E-state index in [1.807, 2.05) is 26.0 Å². The van der Waals surface area contributed by atoms with Gasteiger partial charge in [0, 0.05) is 31.1 Å². The molecule has 3 N–H and O–H groups in total. The van der Waals surface area contributed by atoms with Crippen LogP contribution in [0.5, 0.6) is 0 Å². The van der Waals surface area contributed by atoms with Crippen LogP contribution in [0.3, 0.4) is 0 Å². The first-order valence-electron chi connectivity index (χ1n) is 15.9. The second-order valence-electron chi connectivity index (χ2n) is 13.6. The predicted octanol–water partition coefficient (Wildman–Crippen LogP) is 4.53. The van der Waals surface area contributed by atoms with Crippen molar-refractivity contribution >= 4 is 5.97 Å². The molecule has 0 aromatic heterocycles. The Balaban J connectivity index is 1.53. The Morgan fingerprint density at radius 3 is 2.62 bits per heavy atom. The summed E-state index contributed by atoms with van der Waals surface area (Å²) in [4.78, 5) is 13.9. The van der Waals surface area contributed by atoms with Gasteiger partial charge in [-0.15, -0.1) is 0 Å². The van der Waals surface area contributed by atoms with E-state index in [1.165, 1.54) is 0 Å². The van der Waals surface area contributed by atoms with Crippen molar-refractivity contribution in [3.63, 3.8) is 0 Å². The number of ether oxygens (including phenoxy) is 4. The van der Waals surface area contributed by atoms with Crippen LogP contribution in [-0.2, 0) is 23.7 Å². The summed E-state index contributed by atoms with van der Waals surface area (Å²) in [5.74, 6) is -1.32. The van der Waals surface area contributed by atoms with E-state index in [9.17, 15) is 20.1 Å². The normalized spacial score (nSPS) is 48.6. The number of aliphatic hydroxyl groups is 3. The third kappa shape index (κ3) is 5.83. The first-order valence-corrected chi connectivity index (χ1v) is 15.9. The molecule has 4 aliphatic heterocycles. The molecule has 8 heteroatoms. The molecule has 5 aliphatic rings. The van der Waals surface area contributed by atoms with Gasteiger partial charge in [0.25, 0.3) is 0 Å². The van der Waals surface area contributed by atoms with Crippen LogP contribution in [0.4, 0.5) is 0 Å². The molecule has 12 atom stereocenters. The Morgan fingerprint density at radius 1 is 1.12 bits per heavy atom. The smallest absolute Gasteiger partial charge is 0.337 e. The number of hydrogen-bond donors (Lipinski definition) is 3.